The molecule has 0 N–H and O–H groups in total. The van der Waals surface area contributed by atoms with Crippen LogP contribution >= 0.6 is 22.6 Å². The molecule has 1 aromatic carbocycles. The number of rotatable bonds is 3. The van der Waals surface area contributed by atoms with Gasteiger partial charge in [0.1, 0.15) is 0 Å². The van der Waals surface area contributed by atoms with Crippen LogP contribution in [0.3, 0.4) is 0 Å². The van der Waals surface area contributed by atoms with E-state index in [0.29, 0.717) is 0 Å². The number of hydrogen-bond acceptors (Lipinski definition) is 0. The van der Waals surface area contributed by atoms with Crippen LogP contribution in [0.5, 0.6) is 0 Å². The highest BCUT2D eigenvalue weighted by Crippen LogP contribution is 2.00. The average Bonchev–Trinajstić information content (AvgIpc) is 2.14. The summed E-state index contributed by atoms with van der Waals surface area (Å²) in [7, 11) is 0. The van der Waals surface area contributed by atoms with Gasteiger partial charge in [0, 0.05) is 0 Å². The van der Waals surface area contributed by atoms with Gasteiger partial charge in [0.05, 0.1) is 0 Å². The standard InChI is InChI=1S/C11H11I/c12-10-6-2-5-9-11-7-3-1-4-8-11/h1-8,10H,9H2/b5-2+,10-6-. The third-order valence-electron chi connectivity index (χ3n) is 1.52. The van der Waals surface area contributed by atoms with Crippen molar-refractivity contribution in [1.29, 1.82) is 0 Å². The minimum absolute atomic E-state index is 1.02. The Morgan fingerprint density at radius 1 is 1.08 bits per heavy atom. The molecule has 12 heavy (non-hydrogen) atoms. The maximum Gasteiger partial charge on any atom is -0.00943 e. The zero-order chi connectivity index (χ0) is 8.65. The lowest BCUT2D eigenvalue weighted by Crippen LogP contribution is -1.77. The van der Waals surface area contributed by atoms with E-state index < -0.39 is 0 Å². The molecule has 1 heteroatoms. The monoisotopic (exact) mass is 270 g/mol. The molecule has 1 aromatic rings. The Bertz CT molecular complexity index is 260. The second-order valence-electron chi connectivity index (χ2n) is 2.44. The van der Waals surface area contributed by atoms with E-state index in [9.17, 15) is 0 Å². The van der Waals surface area contributed by atoms with Gasteiger partial charge >= 0.3 is 0 Å². The minimum Gasteiger partial charge on any atom is -0.0801 e. The summed E-state index contributed by atoms with van der Waals surface area (Å²) >= 11 is 2.21. The van der Waals surface area contributed by atoms with E-state index in [1.54, 1.807) is 0 Å². The highest BCUT2D eigenvalue weighted by Gasteiger charge is 1.83. The number of hydrogen-bond donors (Lipinski definition) is 0. The molecule has 0 saturated heterocycles. The number of benzene rings is 1. The zero-order valence-corrected chi connectivity index (χ0v) is 8.94. The normalized spacial score (nSPS) is 11.4. The SMILES string of the molecule is I/C=C\C=C\Cc1ccccc1. The van der Waals surface area contributed by atoms with E-state index in [4.69, 9.17) is 0 Å². The van der Waals surface area contributed by atoms with E-state index in [1.165, 1.54) is 5.56 Å². The van der Waals surface area contributed by atoms with E-state index >= 15 is 0 Å². The molecule has 0 heterocycles. The van der Waals surface area contributed by atoms with Gasteiger partial charge in [0.15, 0.2) is 0 Å². The lowest BCUT2D eigenvalue weighted by molar-refractivity contribution is 1.27. The first-order valence-electron chi connectivity index (χ1n) is 3.89. The Morgan fingerprint density at radius 3 is 2.50 bits per heavy atom. The lowest BCUT2D eigenvalue weighted by atomic mass is 10.1. The summed E-state index contributed by atoms with van der Waals surface area (Å²) in [6, 6.07) is 10.4. The van der Waals surface area contributed by atoms with Crippen molar-refractivity contribution < 1.29 is 0 Å². The molecule has 0 spiro atoms. The van der Waals surface area contributed by atoms with E-state index in [-0.39, 0.29) is 0 Å². The second-order valence-corrected chi connectivity index (χ2v) is 3.16. The van der Waals surface area contributed by atoms with Gasteiger partial charge < -0.3 is 0 Å². The molecule has 0 nitrogen and oxygen atoms in total. The molecule has 0 fully saturated rings. The van der Waals surface area contributed by atoms with Crippen LogP contribution in [-0.4, -0.2) is 0 Å². The molecule has 0 bridgehead atoms. The smallest absolute Gasteiger partial charge is 0.00943 e. The van der Waals surface area contributed by atoms with Crippen LogP contribution in [0, 0.1) is 0 Å². The molecular weight excluding hydrogens is 259 g/mol. The Kier molecular flexibility index (Phi) is 4.76. The molecule has 0 unspecified atom stereocenters. The van der Waals surface area contributed by atoms with Gasteiger partial charge in [-0.25, -0.2) is 0 Å². The summed E-state index contributed by atoms with van der Waals surface area (Å²) in [5, 5.41) is 0. The Labute approximate surface area is 87.1 Å². The van der Waals surface area contributed by atoms with Crippen molar-refractivity contribution in [3.05, 3.63) is 58.2 Å². The van der Waals surface area contributed by atoms with Crippen LogP contribution < -0.4 is 0 Å². The van der Waals surface area contributed by atoms with Crippen LogP contribution in [0.1, 0.15) is 5.56 Å². The third-order valence-corrected chi connectivity index (χ3v) is 1.93. The van der Waals surface area contributed by atoms with Crippen LogP contribution in [0.25, 0.3) is 0 Å². The highest BCUT2D eigenvalue weighted by atomic mass is 127. The van der Waals surface area contributed by atoms with Gasteiger partial charge in [-0.05, 0) is 16.1 Å². The quantitative estimate of drug-likeness (QED) is 0.580. The van der Waals surface area contributed by atoms with Gasteiger partial charge in [-0.1, -0.05) is 71.2 Å². The maximum atomic E-state index is 2.21. The molecular formula is C11H11I. The molecule has 0 radical (unpaired) electrons. The van der Waals surface area contributed by atoms with Crippen LogP contribution in [0.4, 0.5) is 0 Å². The fraction of sp³-hybridized carbons (Fsp3) is 0.0909. The highest BCUT2D eigenvalue weighted by molar-refractivity contribution is 14.1. The van der Waals surface area contributed by atoms with Gasteiger partial charge in [-0.15, -0.1) is 0 Å². The van der Waals surface area contributed by atoms with Crippen molar-refractivity contribution in [2.75, 3.05) is 0 Å². The van der Waals surface area contributed by atoms with Gasteiger partial charge in [-0.3, -0.25) is 0 Å². The van der Waals surface area contributed by atoms with Gasteiger partial charge in [0.25, 0.3) is 0 Å². The van der Waals surface area contributed by atoms with E-state index in [2.05, 4.69) is 59.0 Å². The fourth-order valence-corrected chi connectivity index (χ4v) is 1.18. The first kappa shape index (κ1) is 9.52. The summed E-state index contributed by atoms with van der Waals surface area (Å²) in [6.07, 6.45) is 7.27. The predicted octanol–water partition coefficient (Wildman–Crippen LogP) is 3.73. The molecule has 0 aliphatic rings. The Balaban J connectivity index is 2.43. The summed E-state index contributed by atoms with van der Waals surface area (Å²) < 4.78 is 2.00. The zero-order valence-electron chi connectivity index (χ0n) is 6.78. The van der Waals surface area contributed by atoms with Crippen LogP contribution in [-0.2, 0) is 6.42 Å². The summed E-state index contributed by atoms with van der Waals surface area (Å²) in [5.74, 6) is 0. The Morgan fingerprint density at radius 2 is 1.83 bits per heavy atom. The minimum atomic E-state index is 1.02. The van der Waals surface area contributed by atoms with Gasteiger partial charge in [0.2, 0.25) is 0 Å². The molecule has 1 rings (SSSR count). The third kappa shape index (κ3) is 3.72. The van der Waals surface area contributed by atoms with Crippen molar-refractivity contribution in [2.45, 2.75) is 6.42 Å². The number of halogens is 1. The van der Waals surface area contributed by atoms with Crippen molar-refractivity contribution in [2.24, 2.45) is 0 Å². The first-order chi connectivity index (χ1) is 5.93. The lowest BCUT2D eigenvalue weighted by Gasteiger charge is -1.92. The molecule has 0 atom stereocenters. The van der Waals surface area contributed by atoms with E-state index in [1.807, 2.05) is 16.2 Å². The molecule has 0 amide bonds. The van der Waals surface area contributed by atoms with Crippen molar-refractivity contribution >= 4 is 22.6 Å². The largest absolute Gasteiger partial charge is 0.0801 e. The second kappa shape index (κ2) is 6.00. The molecule has 0 aliphatic carbocycles. The summed E-state index contributed by atoms with van der Waals surface area (Å²) in [6.45, 7) is 0. The fourth-order valence-electron chi connectivity index (χ4n) is 0.939. The predicted molar refractivity (Wildman–Crippen MR) is 62.4 cm³/mol. The summed E-state index contributed by atoms with van der Waals surface area (Å²) in [5.41, 5.74) is 1.36. The number of allylic oxidation sites excluding steroid dienone is 3. The van der Waals surface area contributed by atoms with Crippen molar-refractivity contribution in [1.82, 2.24) is 0 Å². The summed E-state index contributed by atoms with van der Waals surface area (Å²) in [4.78, 5) is 0. The van der Waals surface area contributed by atoms with Crippen LogP contribution in [0.2, 0.25) is 0 Å². The molecule has 0 aliphatic heterocycles. The van der Waals surface area contributed by atoms with Gasteiger partial charge in [-0.2, -0.15) is 0 Å². The average molecular weight is 270 g/mol. The molecule has 62 valence electrons. The molecule has 0 saturated carbocycles. The molecule has 0 aromatic heterocycles. The van der Waals surface area contributed by atoms with Crippen molar-refractivity contribution in [3.63, 3.8) is 0 Å². The maximum absolute atomic E-state index is 2.21. The topological polar surface area (TPSA) is 0 Å². The first-order valence-corrected chi connectivity index (χ1v) is 5.14. The Hall–Kier alpha value is -0.570. The van der Waals surface area contributed by atoms with E-state index in [0.717, 1.165) is 6.42 Å². The van der Waals surface area contributed by atoms with Crippen LogP contribution in [0.15, 0.2) is 52.6 Å². The van der Waals surface area contributed by atoms with Crippen molar-refractivity contribution in [3.8, 4) is 0 Å².